The first kappa shape index (κ1) is 15.1. The molecule has 1 N–H and O–H groups in total. The van der Waals surface area contributed by atoms with Crippen LogP contribution in [0, 0.1) is 0 Å². The molecule has 0 spiro atoms. The smallest absolute Gasteiger partial charge is 0.410 e. The maximum Gasteiger partial charge on any atom is 0.410 e. The molecule has 1 amide bonds. The summed E-state index contributed by atoms with van der Waals surface area (Å²) in [4.78, 5) is 13.6. The first-order valence-electron chi connectivity index (χ1n) is 6.68. The molecule has 110 valence electrons. The summed E-state index contributed by atoms with van der Waals surface area (Å²) in [5, 5.41) is 10.5. The van der Waals surface area contributed by atoms with Crippen molar-refractivity contribution in [2.24, 2.45) is 0 Å². The summed E-state index contributed by atoms with van der Waals surface area (Å²) < 4.78 is 5.33. The van der Waals surface area contributed by atoms with Crippen molar-refractivity contribution in [3.05, 3.63) is 34.9 Å². The normalized spacial score (nSPS) is 22.4. The molecule has 20 heavy (non-hydrogen) atoms. The van der Waals surface area contributed by atoms with Gasteiger partial charge in [0, 0.05) is 5.02 Å². The number of rotatable bonds is 2. The summed E-state index contributed by atoms with van der Waals surface area (Å²) in [7, 11) is 0. The number of halogens is 1. The van der Waals surface area contributed by atoms with Crippen molar-refractivity contribution in [1.82, 2.24) is 4.90 Å². The van der Waals surface area contributed by atoms with Crippen molar-refractivity contribution in [2.45, 2.75) is 44.9 Å². The number of benzene rings is 1. The molecule has 0 aliphatic carbocycles. The van der Waals surface area contributed by atoms with Crippen LogP contribution in [0.25, 0.3) is 0 Å². The van der Waals surface area contributed by atoms with Gasteiger partial charge >= 0.3 is 6.09 Å². The number of aliphatic hydroxyl groups is 1. The lowest BCUT2D eigenvalue weighted by Crippen LogP contribution is -2.63. The van der Waals surface area contributed by atoms with E-state index in [9.17, 15) is 9.90 Å². The molecule has 2 atom stereocenters. The highest BCUT2D eigenvalue weighted by molar-refractivity contribution is 6.30. The first-order valence-corrected chi connectivity index (χ1v) is 7.06. The molecule has 1 saturated heterocycles. The Hall–Kier alpha value is -1.26. The van der Waals surface area contributed by atoms with Gasteiger partial charge < -0.3 is 9.84 Å². The number of carbonyl (C=O) groups is 1. The molecule has 5 heteroatoms. The predicted octanol–water partition coefficient (Wildman–Crippen LogP) is 2.86. The SMILES string of the molecule is CC(C)(C)OC(=O)N1C[C@H](O)[C@@H]1Cc1ccc(Cl)cc1. The van der Waals surface area contributed by atoms with Crippen molar-refractivity contribution < 1.29 is 14.6 Å². The zero-order valence-corrected chi connectivity index (χ0v) is 12.7. The van der Waals surface area contributed by atoms with Crippen molar-refractivity contribution in [3.63, 3.8) is 0 Å². The number of hydrogen-bond acceptors (Lipinski definition) is 3. The minimum absolute atomic E-state index is 0.231. The largest absolute Gasteiger partial charge is 0.444 e. The van der Waals surface area contributed by atoms with E-state index in [0.29, 0.717) is 18.0 Å². The Balaban J connectivity index is 1.99. The summed E-state index contributed by atoms with van der Waals surface area (Å²) >= 11 is 5.84. The lowest BCUT2D eigenvalue weighted by molar-refractivity contribution is -0.0701. The van der Waals surface area contributed by atoms with Crippen LogP contribution in [0.3, 0.4) is 0 Å². The van der Waals surface area contributed by atoms with Gasteiger partial charge in [-0.05, 0) is 44.9 Å². The Kier molecular flexibility index (Phi) is 4.25. The molecule has 0 unspecified atom stereocenters. The Labute approximate surface area is 124 Å². The van der Waals surface area contributed by atoms with E-state index in [2.05, 4.69) is 0 Å². The van der Waals surface area contributed by atoms with Crippen LogP contribution >= 0.6 is 11.6 Å². The fraction of sp³-hybridized carbons (Fsp3) is 0.533. The topological polar surface area (TPSA) is 49.8 Å². The van der Waals surface area contributed by atoms with Crippen LogP contribution in [-0.2, 0) is 11.2 Å². The standard InChI is InChI=1S/C15H20ClNO3/c1-15(2,3)20-14(19)17-9-13(18)12(17)8-10-4-6-11(16)7-5-10/h4-7,12-13,18H,8-9H2,1-3H3/t12-,13-/m0/s1. The highest BCUT2D eigenvalue weighted by atomic mass is 35.5. The summed E-state index contributed by atoms with van der Waals surface area (Å²) in [5.41, 5.74) is 0.509. The Morgan fingerprint density at radius 1 is 1.40 bits per heavy atom. The summed E-state index contributed by atoms with van der Waals surface area (Å²) in [6.45, 7) is 5.81. The molecule has 1 fully saturated rings. The third-order valence-corrected chi connectivity index (χ3v) is 3.47. The lowest BCUT2D eigenvalue weighted by atomic mass is 9.93. The van der Waals surface area contributed by atoms with Gasteiger partial charge in [-0.25, -0.2) is 4.79 Å². The number of ether oxygens (including phenoxy) is 1. The summed E-state index contributed by atoms with van der Waals surface area (Å²) in [5.74, 6) is 0. The molecule has 0 aromatic heterocycles. The molecular weight excluding hydrogens is 278 g/mol. The molecule has 0 radical (unpaired) electrons. The van der Waals surface area contributed by atoms with Gasteiger partial charge in [0.25, 0.3) is 0 Å². The predicted molar refractivity (Wildman–Crippen MR) is 77.9 cm³/mol. The van der Waals surface area contributed by atoms with Crippen LogP contribution in [0.2, 0.25) is 5.02 Å². The summed E-state index contributed by atoms with van der Waals surface area (Å²) in [6, 6.07) is 7.19. The van der Waals surface area contributed by atoms with Crippen LogP contribution in [0.5, 0.6) is 0 Å². The van der Waals surface area contributed by atoms with E-state index in [-0.39, 0.29) is 12.1 Å². The number of nitrogens with zero attached hydrogens (tertiary/aromatic N) is 1. The van der Waals surface area contributed by atoms with Crippen LogP contribution in [0.4, 0.5) is 4.79 Å². The van der Waals surface area contributed by atoms with Gasteiger partial charge in [0.15, 0.2) is 0 Å². The van der Waals surface area contributed by atoms with E-state index in [4.69, 9.17) is 16.3 Å². The van der Waals surface area contributed by atoms with Gasteiger partial charge in [-0.2, -0.15) is 0 Å². The number of amides is 1. The van der Waals surface area contributed by atoms with Crippen molar-refractivity contribution in [3.8, 4) is 0 Å². The average Bonchev–Trinajstić information content (AvgIpc) is 2.32. The van der Waals surface area contributed by atoms with E-state index < -0.39 is 11.7 Å². The van der Waals surface area contributed by atoms with Gasteiger partial charge in [-0.1, -0.05) is 23.7 Å². The number of hydrogen-bond donors (Lipinski definition) is 1. The number of likely N-dealkylation sites (tertiary alicyclic amines) is 1. The van der Waals surface area contributed by atoms with Crippen molar-refractivity contribution in [1.29, 1.82) is 0 Å². The molecule has 1 aromatic carbocycles. The minimum atomic E-state index is -0.525. The van der Waals surface area contributed by atoms with E-state index in [1.807, 2.05) is 32.9 Å². The molecule has 0 bridgehead atoms. The summed E-state index contributed by atoms with van der Waals surface area (Å²) in [6.07, 6.45) is -0.280. The quantitative estimate of drug-likeness (QED) is 0.913. The highest BCUT2D eigenvalue weighted by Gasteiger charge is 2.42. The van der Waals surface area contributed by atoms with Gasteiger partial charge in [0.1, 0.15) is 5.60 Å². The molecule has 1 aliphatic heterocycles. The van der Waals surface area contributed by atoms with E-state index in [1.165, 1.54) is 0 Å². The fourth-order valence-electron chi connectivity index (χ4n) is 2.17. The zero-order chi connectivity index (χ0) is 14.9. The van der Waals surface area contributed by atoms with Gasteiger partial charge in [0.05, 0.1) is 18.7 Å². The first-order chi connectivity index (χ1) is 9.26. The second-order valence-corrected chi connectivity index (χ2v) is 6.53. The Morgan fingerprint density at radius 3 is 2.50 bits per heavy atom. The van der Waals surface area contributed by atoms with E-state index in [0.717, 1.165) is 5.56 Å². The van der Waals surface area contributed by atoms with E-state index in [1.54, 1.807) is 17.0 Å². The third kappa shape index (κ3) is 3.64. The monoisotopic (exact) mass is 297 g/mol. The molecule has 1 aromatic rings. The van der Waals surface area contributed by atoms with Crippen LogP contribution in [0.1, 0.15) is 26.3 Å². The Bertz CT molecular complexity index is 481. The second kappa shape index (κ2) is 5.62. The van der Waals surface area contributed by atoms with Gasteiger partial charge in [-0.3, -0.25) is 4.90 Å². The number of carbonyl (C=O) groups excluding carboxylic acids is 1. The van der Waals surface area contributed by atoms with E-state index >= 15 is 0 Å². The van der Waals surface area contributed by atoms with Gasteiger partial charge in [0.2, 0.25) is 0 Å². The highest BCUT2D eigenvalue weighted by Crippen LogP contribution is 2.25. The molecule has 1 aliphatic rings. The third-order valence-electron chi connectivity index (χ3n) is 3.21. The molecule has 0 saturated carbocycles. The van der Waals surface area contributed by atoms with Crippen LogP contribution in [0.15, 0.2) is 24.3 Å². The lowest BCUT2D eigenvalue weighted by Gasteiger charge is -2.45. The Morgan fingerprint density at radius 2 is 2.00 bits per heavy atom. The second-order valence-electron chi connectivity index (χ2n) is 6.10. The maximum absolute atomic E-state index is 12.0. The minimum Gasteiger partial charge on any atom is -0.444 e. The van der Waals surface area contributed by atoms with Crippen molar-refractivity contribution in [2.75, 3.05) is 6.54 Å². The fourth-order valence-corrected chi connectivity index (χ4v) is 2.29. The average molecular weight is 298 g/mol. The molecule has 4 nitrogen and oxygen atoms in total. The van der Waals surface area contributed by atoms with Crippen LogP contribution < -0.4 is 0 Å². The molecule has 2 rings (SSSR count). The number of β-amino-alcohol motifs (C(OH)–C–C–N with tert-alkyl or cyclic N) is 1. The van der Waals surface area contributed by atoms with Crippen molar-refractivity contribution >= 4 is 17.7 Å². The maximum atomic E-state index is 12.0. The molecular formula is C15H20ClNO3. The van der Waals surface area contributed by atoms with Crippen LogP contribution in [-0.4, -0.2) is 40.4 Å². The zero-order valence-electron chi connectivity index (χ0n) is 12.0. The number of aliphatic hydroxyl groups excluding tert-OH is 1. The van der Waals surface area contributed by atoms with Gasteiger partial charge in [-0.15, -0.1) is 0 Å². The molecule has 1 heterocycles.